The fraction of sp³-hybridized carbons (Fsp3) is 0.294. The van der Waals surface area contributed by atoms with Gasteiger partial charge < -0.3 is 10.3 Å². The Kier molecular flexibility index (Phi) is 4.87. The van der Waals surface area contributed by atoms with Crippen molar-refractivity contribution < 1.29 is 18.8 Å². The Morgan fingerprint density at radius 3 is 2.52 bits per heavy atom. The van der Waals surface area contributed by atoms with Crippen LogP contribution in [0.2, 0.25) is 0 Å². The summed E-state index contributed by atoms with van der Waals surface area (Å²) in [5, 5.41) is 2.80. The molecule has 3 rings (SSSR count). The highest BCUT2D eigenvalue weighted by atomic mass is 19.1. The predicted octanol–water partition coefficient (Wildman–Crippen LogP) is 1.29. The molecule has 2 aromatic rings. The molecule has 3 amide bonds. The van der Waals surface area contributed by atoms with Gasteiger partial charge in [-0.05, 0) is 17.7 Å². The van der Waals surface area contributed by atoms with Crippen LogP contribution in [0.3, 0.4) is 0 Å². The number of aromatic nitrogens is 2. The summed E-state index contributed by atoms with van der Waals surface area (Å²) in [6, 6.07) is 5.16. The van der Waals surface area contributed by atoms with Gasteiger partial charge >= 0.3 is 0 Å². The van der Waals surface area contributed by atoms with E-state index in [2.05, 4.69) is 15.3 Å². The van der Waals surface area contributed by atoms with Gasteiger partial charge in [0.25, 0.3) is 0 Å². The predicted molar refractivity (Wildman–Crippen MR) is 85.5 cm³/mol. The number of hydrogen-bond acceptors (Lipinski definition) is 4. The lowest BCUT2D eigenvalue weighted by Crippen LogP contribution is -2.36. The van der Waals surface area contributed by atoms with Crippen LogP contribution < -0.4 is 5.32 Å². The number of nitrogens with one attached hydrogen (secondary N) is 2. The molecule has 2 heterocycles. The average molecular weight is 344 g/mol. The monoisotopic (exact) mass is 344 g/mol. The van der Waals surface area contributed by atoms with E-state index in [0.29, 0.717) is 11.4 Å². The molecular weight excluding hydrogens is 327 g/mol. The molecule has 0 spiro atoms. The number of carbonyl (C=O) groups is 3. The zero-order valence-electron chi connectivity index (χ0n) is 13.4. The smallest absolute Gasteiger partial charge is 0.229 e. The van der Waals surface area contributed by atoms with Crippen molar-refractivity contribution >= 4 is 17.7 Å². The lowest BCUT2D eigenvalue weighted by atomic mass is 10.1. The number of hydrogen-bond donors (Lipinski definition) is 2. The van der Waals surface area contributed by atoms with Crippen molar-refractivity contribution in [2.75, 3.05) is 6.54 Å². The molecule has 1 atom stereocenters. The number of benzene rings is 1. The van der Waals surface area contributed by atoms with E-state index in [-0.39, 0.29) is 49.3 Å². The lowest BCUT2D eigenvalue weighted by molar-refractivity contribution is -0.138. The number of halogens is 1. The summed E-state index contributed by atoms with van der Waals surface area (Å²) in [5.41, 5.74) is 0.665. The Labute approximate surface area is 143 Å². The normalized spacial score (nSPS) is 15.5. The Morgan fingerprint density at radius 1 is 1.24 bits per heavy atom. The topological polar surface area (TPSA) is 95.2 Å². The molecule has 7 nitrogen and oxygen atoms in total. The van der Waals surface area contributed by atoms with Crippen molar-refractivity contribution in [1.82, 2.24) is 20.2 Å². The number of rotatable bonds is 6. The number of imide groups is 1. The van der Waals surface area contributed by atoms with E-state index in [1.54, 1.807) is 24.5 Å². The van der Waals surface area contributed by atoms with Crippen molar-refractivity contribution in [2.45, 2.75) is 25.3 Å². The molecule has 25 heavy (non-hydrogen) atoms. The van der Waals surface area contributed by atoms with E-state index >= 15 is 0 Å². The summed E-state index contributed by atoms with van der Waals surface area (Å²) in [6.45, 7) is 0.0534. The summed E-state index contributed by atoms with van der Waals surface area (Å²) in [6.07, 6.45) is 3.57. The third-order valence-electron chi connectivity index (χ3n) is 4.02. The maximum atomic E-state index is 13.1. The molecule has 2 N–H and O–H groups in total. The van der Waals surface area contributed by atoms with E-state index in [1.165, 1.54) is 12.1 Å². The van der Waals surface area contributed by atoms with Crippen LogP contribution in [0.4, 0.5) is 4.39 Å². The van der Waals surface area contributed by atoms with E-state index in [0.717, 1.165) is 4.90 Å². The number of amides is 3. The first-order chi connectivity index (χ1) is 12.0. The van der Waals surface area contributed by atoms with Crippen LogP contribution in [0.5, 0.6) is 0 Å². The van der Waals surface area contributed by atoms with Crippen LogP contribution in [0.25, 0.3) is 0 Å². The van der Waals surface area contributed by atoms with Gasteiger partial charge in [0.1, 0.15) is 17.7 Å². The first kappa shape index (κ1) is 16.8. The maximum Gasteiger partial charge on any atom is 0.229 e. The van der Waals surface area contributed by atoms with Crippen LogP contribution in [0, 0.1) is 5.82 Å². The molecule has 0 bridgehead atoms. The first-order valence-electron chi connectivity index (χ1n) is 7.92. The third-order valence-corrected chi connectivity index (χ3v) is 4.02. The van der Waals surface area contributed by atoms with Gasteiger partial charge in [0.05, 0.1) is 0 Å². The zero-order valence-corrected chi connectivity index (χ0v) is 13.4. The molecule has 1 saturated heterocycles. The van der Waals surface area contributed by atoms with Crippen molar-refractivity contribution in [2.24, 2.45) is 0 Å². The molecule has 1 unspecified atom stereocenters. The van der Waals surface area contributed by atoms with Crippen molar-refractivity contribution in [1.29, 1.82) is 0 Å². The molecule has 0 aliphatic carbocycles. The third kappa shape index (κ3) is 3.90. The van der Waals surface area contributed by atoms with Gasteiger partial charge in [-0.15, -0.1) is 0 Å². The van der Waals surface area contributed by atoms with Gasteiger partial charge in [-0.2, -0.15) is 0 Å². The number of likely N-dealkylation sites (tertiary alicyclic amines) is 1. The van der Waals surface area contributed by atoms with Crippen molar-refractivity contribution in [3.05, 3.63) is 53.9 Å². The number of H-pyrrole nitrogens is 1. The molecule has 1 aromatic carbocycles. The van der Waals surface area contributed by atoms with Crippen LogP contribution >= 0.6 is 0 Å². The highest BCUT2D eigenvalue weighted by molar-refractivity contribution is 6.02. The number of imidazole rings is 1. The highest BCUT2D eigenvalue weighted by Crippen LogP contribution is 2.20. The fourth-order valence-electron chi connectivity index (χ4n) is 2.72. The second kappa shape index (κ2) is 7.25. The minimum absolute atomic E-state index is 0.00408. The second-order valence-electron chi connectivity index (χ2n) is 5.72. The quantitative estimate of drug-likeness (QED) is 0.772. The largest absolute Gasteiger partial charge is 0.347 e. The summed E-state index contributed by atoms with van der Waals surface area (Å²) >= 11 is 0. The molecule has 1 fully saturated rings. The maximum absolute atomic E-state index is 13.1. The van der Waals surface area contributed by atoms with E-state index in [1.807, 2.05) is 0 Å². The van der Waals surface area contributed by atoms with Crippen molar-refractivity contribution in [3.63, 3.8) is 0 Å². The number of aromatic amines is 1. The molecule has 0 radical (unpaired) electrons. The Morgan fingerprint density at radius 2 is 1.92 bits per heavy atom. The van der Waals surface area contributed by atoms with Gasteiger partial charge in [-0.25, -0.2) is 9.37 Å². The molecule has 1 aromatic heterocycles. The van der Waals surface area contributed by atoms with Gasteiger partial charge in [-0.1, -0.05) is 12.1 Å². The minimum atomic E-state index is -0.576. The van der Waals surface area contributed by atoms with Gasteiger partial charge in [0, 0.05) is 38.2 Å². The van der Waals surface area contributed by atoms with E-state index in [4.69, 9.17) is 0 Å². The second-order valence-corrected chi connectivity index (χ2v) is 5.72. The standard InChI is InChI=1S/C17H17FN4O3/c18-12-3-1-11(2-4-12)16(17-19-8-9-20-17)21-13(23)7-10-22-14(24)5-6-15(22)25/h1-4,8-9,16H,5-7,10H2,(H,19,20)(H,21,23). The summed E-state index contributed by atoms with van der Waals surface area (Å²) in [5.74, 6) is -0.705. The lowest BCUT2D eigenvalue weighted by Gasteiger charge is -2.19. The zero-order chi connectivity index (χ0) is 17.8. The average Bonchev–Trinajstić information content (AvgIpc) is 3.23. The van der Waals surface area contributed by atoms with Crippen LogP contribution in [0.15, 0.2) is 36.7 Å². The molecule has 1 aliphatic heterocycles. The number of carbonyl (C=O) groups excluding carboxylic acids is 3. The Balaban J connectivity index is 1.68. The SMILES string of the molecule is O=C(CCN1C(=O)CCC1=O)NC(c1ccc(F)cc1)c1ncc[nH]1. The van der Waals surface area contributed by atoms with Crippen LogP contribution in [0.1, 0.15) is 36.7 Å². The molecule has 1 aliphatic rings. The minimum Gasteiger partial charge on any atom is -0.347 e. The molecule has 8 heteroatoms. The van der Waals surface area contributed by atoms with Gasteiger partial charge in [0.15, 0.2) is 0 Å². The Hall–Kier alpha value is -3.03. The van der Waals surface area contributed by atoms with Crippen molar-refractivity contribution in [3.8, 4) is 0 Å². The molecular formula is C17H17FN4O3. The number of nitrogens with zero attached hydrogens (tertiary/aromatic N) is 2. The van der Waals surface area contributed by atoms with Gasteiger partial charge in [-0.3, -0.25) is 19.3 Å². The highest BCUT2D eigenvalue weighted by Gasteiger charge is 2.29. The van der Waals surface area contributed by atoms with Crippen LogP contribution in [-0.2, 0) is 14.4 Å². The van der Waals surface area contributed by atoms with E-state index < -0.39 is 6.04 Å². The van der Waals surface area contributed by atoms with Gasteiger partial charge in [0.2, 0.25) is 17.7 Å². The first-order valence-corrected chi connectivity index (χ1v) is 7.92. The summed E-state index contributed by atoms with van der Waals surface area (Å²) in [4.78, 5) is 43.6. The molecule has 130 valence electrons. The summed E-state index contributed by atoms with van der Waals surface area (Å²) < 4.78 is 13.1. The van der Waals surface area contributed by atoms with Crippen LogP contribution in [-0.4, -0.2) is 39.1 Å². The summed E-state index contributed by atoms with van der Waals surface area (Å²) in [7, 11) is 0. The fourth-order valence-corrected chi connectivity index (χ4v) is 2.72. The van der Waals surface area contributed by atoms with E-state index in [9.17, 15) is 18.8 Å². The molecule has 0 saturated carbocycles. The Bertz CT molecular complexity index is 758.